The van der Waals surface area contributed by atoms with Crippen LogP contribution >= 0.6 is 0 Å². The summed E-state index contributed by atoms with van der Waals surface area (Å²) in [5, 5.41) is 0. The molecule has 0 spiro atoms. The predicted octanol–water partition coefficient (Wildman–Crippen LogP) is 3.55. The lowest BCUT2D eigenvalue weighted by Gasteiger charge is -2.28. The molecule has 1 aromatic carbocycles. The highest BCUT2D eigenvalue weighted by Crippen LogP contribution is 2.45. The predicted molar refractivity (Wildman–Crippen MR) is 128 cm³/mol. The minimum absolute atomic E-state index is 0.146. The van der Waals surface area contributed by atoms with Gasteiger partial charge in [0, 0.05) is 31.8 Å². The third kappa shape index (κ3) is 5.28. The molecule has 3 rings (SSSR count). The summed E-state index contributed by atoms with van der Waals surface area (Å²) in [5.41, 5.74) is 0.126. The highest BCUT2D eigenvalue weighted by atomic mass is 32.2. The van der Waals surface area contributed by atoms with Crippen LogP contribution in [0.15, 0.2) is 65.1 Å². The normalized spacial score (nSPS) is 28.3. The van der Waals surface area contributed by atoms with Gasteiger partial charge in [0.2, 0.25) is 10.0 Å². The molecule has 1 aliphatic carbocycles. The quantitative estimate of drug-likeness (QED) is 0.480. The molecule has 7 nitrogen and oxygen atoms in total. The molecule has 1 fully saturated rings. The van der Waals surface area contributed by atoms with Crippen LogP contribution in [0.4, 0.5) is 0 Å². The van der Waals surface area contributed by atoms with Crippen molar-refractivity contribution in [3.63, 3.8) is 0 Å². The summed E-state index contributed by atoms with van der Waals surface area (Å²) in [5.74, 6) is -1.78. The molecule has 2 atom stereocenters. The van der Waals surface area contributed by atoms with Gasteiger partial charge < -0.3 is 4.74 Å². The van der Waals surface area contributed by atoms with Crippen LogP contribution in [-0.2, 0) is 29.1 Å². The maximum atomic E-state index is 13.2. The van der Waals surface area contributed by atoms with E-state index in [0.717, 1.165) is 5.56 Å². The summed E-state index contributed by atoms with van der Waals surface area (Å²) in [7, 11) is -2.50. The van der Waals surface area contributed by atoms with Crippen LogP contribution in [0.3, 0.4) is 0 Å². The van der Waals surface area contributed by atoms with E-state index in [9.17, 15) is 22.8 Å². The lowest BCUT2D eigenvalue weighted by Crippen LogP contribution is -2.43. The van der Waals surface area contributed by atoms with E-state index < -0.39 is 27.3 Å². The van der Waals surface area contributed by atoms with Gasteiger partial charge >= 0.3 is 5.97 Å². The molecule has 0 N–H and O–H groups in total. The molecule has 8 heteroatoms. The number of ether oxygens (including phenoxy) is 1. The Bertz CT molecular complexity index is 1150. The molecule has 0 amide bonds. The first-order valence-electron chi connectivity index (χ1n) is 11.3. The summed E-state index contributed by atoms with van der Waals surface area (Å²) >= 11 is 0. The van der Waals surface area contributed by atoms with Gasteiger partial charge in [0.25, 0.3) is 0 Å². The number of hydrogen-bond acceptors (Lipinski definition) is 6. The summed E-state index contributed by atoms with van der Waals surface area (Å²) in [6, 6.07) is 6.70. The number of esters is 1. The van der Waals surface area contributed by atoms with Crippen molar-refractivity contribution in [3.05, 3.63) is 65.8 Å². The first-order chi connectivity index (χ1) is 16.1. The molecule has 0 radical (unpaired) electrons. The zero-order chi connectivity index (χ0) is 24.9. The van der Waals surface area contributed by atoms with Crippen LogP contribution in [0.1, 0.15) is 38.2 Å². The van der Waals surface area contributed by atoms with E-state index in [1.807, 2.05) is 6.92 Å². The van der Waals surface area contributed by atoms with E-state index in [0.29, 0.717) is 18.4 Å². The van der Waals surface area contributed by atoms with E-state index in [2.05, 4.69) is 0 Å². The smallest absolute Gasteiger partial charge is 0.320 e. The maximum Gasteiger partial charge on any atom is 0.320 e. The Morgan fingerprint density at radius 2 is 1.79 bits per heavy atom. The third-order valence-electron chi connectivity index (χ3n) is 6.54. The van der Waals surface area contributed by atoms with E-state index in [1.54, 1.807) is 55.5 Å². The number of fused-ring (bicyclic) bond motifs is 1. The Morgan fingerprint density at radius 1 is 1.09 bits per heavy atom. The van der Waals surface area contributed by atoms with Crippen molar-refractivity contribution >= 4 is 27.6 Å². The lowest BCUT2D eigenvalue weighted by molar-refractivity contribution is -0.160. The van der Waals surface area contributed by atoms with Gasteiger partial charge in [-0.3, -0.25) is 14.4 Å². The molecular weight excluding hydrogens is 454 g/mol. The van der Waals surface area contributed by atoms with E-state index >= 15 is 0 Å². The van der Waals surface area contributed by atoms with Crippen LogP contribution in [0.2, 0.25) is 0 Å². The largest absolute Gasteiger partial charge is 0.468 e. The first kappa shape index (κ1) is 25.8. The van der Waals surface area contributed by atoms with Gasteiger partial charge in [0.15, 0.2) is 11.6 Å². The van der Waals surface area contributed by atoms with E-state index in [4.69, 9.17) is 4.74 Å². The maximum absolute atomic E-state index is 13.2. The van der Waals surface area contributed by atoms with Crippen molar-refractivity contribution in [1.29, 1.82) is 0 Å². The number of sulfonamides is 1. The molecule has 1 aromatic rings. The monoisotopic (exact) mass is 485 g/mol. The highest BCUT2D eigenvalue weighted by Gasteiger charge is 2.56. The van der Waals surface area contributed by atoms with Crippen LogP contribution in [-0.4, -0.2) is 50.5 Å². The molecule has 182 valence electrons. The van der Waals surface area contributed by atoms with Gasteiger partial charge in [-0.25, -0.2) is 8.42 Å². The van der Waals surface area contributed by atoms with Crippen LogP contribution in [0.5, 0.6) is 0 Å². The fraction of sp³-hybridized carbons (Fsp3) is 0.423. The van der Waals surface area contributed by atoms with Crippen LogP contribution in [0.25, 0.3) is 0 Å². The number of carbonyl (C=O) groups excluding carboxylic acids is 3. The van der Waals surface area contributed by atoms with Gasteiger partial charge in [-0.05, 0) is 44.9 Å². The lowest BCUT2D eigenvalue weighted by atomic mass is 9.72. The summed E-state index contributed by atoms with van der Waals surface area (Å²) in [6.07, 6.45) is 9.02. The minimum Gasteiger partial charge on any atom is -0.468 e. The number of aryl methyl sites for hydroxylation is 1. The van der Waals surface area contributed by atoms with Crippen molar-refractivity contribution in [2.24, 2.45) is 11.3 Å². The number of hydrogen-bond donors (Lipinski definition) is 0. The molecule has 2 aliphatic rings. The second kappa shape index (κ2) is 10.6. The van der Waals surface area contributed by atoms with Gasteiger partial charge in [-0.15, -0.1) is 0 Å². The fourth-order valence-corrected chi connectivity index (χ4v) is 5.96. The van der Waals surface area contributed by atoms with Crippen molar-refractivity contribution in [2.75, 3.05) is 20.2 Å². The summed E-state index contributed by atoms with van der Waals surface area (Å²) in [6.45, 7) is 3.97. The number of methoxy groups -OCH3 is 1. The second-order valence-corrected chi connectivity index (χ2v) is 10.8. The Kier molecular flexibility index (Phi) is 8.05. The number of carbonyl (C=O) groups is 3. The number of Topliss-reactive ketones (excluding diaryl/α,β-unsaturated/α-hetero) is 1. The van der Waals surface area contributed by atoms with Gasteiger partial charge in [0.1, 0.15) is 5.41 Å². The Labute approximate surface area is 201 Å². The standard InChI is InChI=1S/C26H31NO6S/c1-19-8-11-23(12-9-19)34(31,32)27-15-6-4-5-7-21-10-13-24(29)26(21,25(30)33-3)18-22(28)17-20(2)14-16-27/h4-9,11-12,17,21H,10,13-16,18H2,1-3H3/b6-4+,7-5-,20-17-/t21-,26-/m1/s1. The Morgan fingerprint density at radius 3 is 2.47 bits per heavy atom. The number of benzene rings is 1. The SMILES string of the molecule is COC(=O)[C@]12CC(=O)/C=C(/C)CCN(S(=O)(=O)c3ccc(C)cc3)C/C=C/C=C\[C@@H]1CCC2=O. The molecule has 0 aromatic heterocycles. The minimum atomic E-state index is -3.73. The molecule has 1 aliphatic heterocycles. The first-order valence-corrected chi connectivity index (χ1v) is 12.8. The summed E-state index contributed by atoms with van der Waals surface area (Å²) in [4.78, 5) is 38.6. The van der Waals surface area contributed by atoms with Gasteiger partial charge in [0.05, 0.1) is 12.0 Å². The second-order valence-electron chi connectivity index (χ2n) is 8.90. The average Bonchev–Trinajstić information content (AvgIpc) is 3.10. The van der Waals surface area contributed by atoms with E-state index in [1.165, 1.54) is 17.5 Å². The number of rotatable bonds is 3. The third-order valence-corrected chi connectivity index (χ3v) is 8.42. The molecule has 0 bridgehead atoms. The van der Waals surface area contributed by atoms with Crippen molar-refractivity contribution < 1.29 is 27.5 Å². The zero-order valence-corrected chi connectivity index (χ0v) is 20.6. The Hall–Kier alpha value is -2.84. The number of ketones is 2. The topological polar surface area (TPSA) is 97.8 Å². The number of allylic oxidation sites excluding steroid dienone is 4. The van der Waals surface area contributed by atoms with Gasteiger partial charge in [-0.2, -0.15) is 4.31 Å². The van der Waals surface area contributed by atoms with Crippen molar-refractivity contribution in [2.45, 2.75) is 44.4 Å². The number of nitrogens with zero attached hydrogens (tertiary/aromatic N) is 1. The Balaban J connectivity index is 1.96. The molecule has 1 heterocycles. The van der Waals surface area contributed by atoms with E-state index in [-0.39, 0.29) is 42.4 Å². The highest BCUT2D eigenvalue weighted by molar-refractivity contribution is 7.89. The molecule has 0 saturated heterocycles. The molecular formula is C26H31NO6S. The zero-order valence-electron chi connectivity index (χ0n) is 19.8. The van der Waals surface area contributed by atoms with Gasteiger partial charge in [-0.1, -0.05) is 47.6 Å². The molecule has 0 unspecified atom stereocenters. The molecule has 34 heavy (non-hydrogen) atoms. The summed E-state index contributed by atoms with van der Waals surface area (Å²) < 4.78 is 32.8. The van der Waals surface area contributed by atoms with Crippen molar-refractivity contribution in [3.8, 4) is 0 Å². The van der Waals surface area contributed by atoms with Crippen molar-refractivity contribution in [1.82, 2.24) is 4.31 Å². The average molecular weight is 486 g/mol. The van der Waals surface area contributed by atoms with Crippen LogP contribution in [0, 0.1) is 18.3 Å². The van der Waals surface area contributed by atoms with Crippen LogP contribution < -0.4 is 0 Å². The molecule has 1 saturated carbocycles. The fourth-order valence-electron chi connectivity index (χ4n) is 4.57.